The van der Waals surface area contributed by atoms with E-state index in [0.717, 1.165) is 25.2 Å². The van der Waals surface area contributed by atoms with E-state index in [1.807, 2.05) is 36.1 Å². The predicted octanol–water partition coefficient (Wildman–Crippen LogP) is 1.86. The second-order valence-electron chi connectivity index (χ2n) is 4.60. The SMILES string of the molecule is COc1cc(CNCCn2cc(C)cn2)ccc1C#N. The highest BCUT2D eigenvalue weighted by Crippen LogP contribution is 2.18. The summed E-state index contributed by atoms with van der Waals surface area (Å²) in [5, 5.41) is 16.5. The molecule has 5 nitrogen and oxygen atoms in total. The average molecular weight is 270 g/mol. The van der Waals surface area contributed by atoms with Crippen molar-refractivity contribution in [2.45, 2.75) is 20.0 Å². The molecule has 0 radical (unpaired) electrons. The maximum atomic E-state index is 8.93. The summed E-state index contributed by atoms with van der Waals surface area (Å²) in [5.41, 5.74) is 2.82. The van der Waals surface area contributed by atoms with Crippen LogP contribution in [0.4, 0.5) is 0 Å². The third kappa shape index (κ3) is 3.59. The van der Waals surface area contributed by atoms with Gasteiger partial charge in [-0.05, 0) is 30.2 Å². The van der Waals surface area contributed by atoms with Gasteiger partial charge in [0.25, 0.3) is 0 Å². The monoisotopic (exact) mass is 270 g/mol. The van der Waals surface area contributed by atoms with Crippen LogP contribution in [0.5, 0.6) is 5.75 Å². The first kappa shape index (κ1) is 14.1. The Balaban J connectivity index is 1.83. The highest BCUT2D eigenvalue weighted by molar-refractivity contribution is 5.45. The number of aromatic nitrogens is 2. The molecule has 0 saturated heterocycles. The normalized spacial score (nSPS) is 10.2. The molecule has 0 fully saturated rings. The number of aryl methyl sites for hydroxylation is 1. The van der Waals surface area contributed by atoms with Gasteiger partial charge >= 0.3 is 0 Å². The number of nitriles is 1. The molecule has 0 amide bonds. The Kier molecular flexibility index (Phi) is 4.75. The van der Waals surface area contributed by atoms with E-state index in [4.69, 9.17) is 10.00 Å². The van der Waals surface area contributed by atoms with Crippen molar-refractivity contribution in [1.29, 1.82) is 5.26 Å². The molecule has 0 spiro atoms. The molecule has 0 aliphatic heterocycles. The number of hydrogen-bond donors (Lipinski definition) is 1. The van der Waals surface area contributed by atoms with E-state index in [9.17, 15) is 0 Å². The van der Waals surface area contributed by atoms with Gasteiger partial charge in [0.2, 0.25) is 0 Å². The van der Waals surface area contributed by atoms with Crippen LogP contribution in [0.1, 0.15) is 16.7 Å². The second-order valence-corrected chi connectivity index (χ2v) is 4.60. The smallest absolute Gasteiger partial charge is 0.136 e. The van der Waals surface area contributed by atoms with Crippen LogP contribution in [-0.4, -0.2) is 23.4 Å². The third-order valence-electron chi connectivity index (χ3n) is 3.00. The van der Waals surface area contributed by atoms with Crippen molar-refractivity contribution in [1.82, 2.24) is 15.1 Å². The largest absolute Gasteiger partial charge is 0.495 e. The van der Waals surface area contributed by atoms with Crippen LogP contribution >= 0.6 is 0 Å². The number of benzene rings is 1. The van der Waals surface area contributed by atoms with E-state index in [1.165, 1.54) is 5.56 Å². The van der Waals surface area contributed by atoms with E-state index in [1.54, 1.807) is 13.2 Å². The lowest BCUT2D eigenvalue weighted by Gasteiger charge is -2.08. The van der Waals surface area contributed by atoms with Crippen molar-refractivity contribution < 1.29 is 4.74 Å². The van der Waals surface area contributed by atoms with Crippen molar-refractivity contribution in [3.8, 4) is 11.8 Å². The van der Waals surface area contributed by atoms with Crippen LogP contribution in [0, 0.1) is 18.3 Å². The summed E-state index contributed by atoms with van der Waals surface area (Å²) in [4.78, 5) is 0. The lowest BCUT2D eigenvalue weighted by molar-refractivity contribution is 0.412. The minimum atomic E-state index is 0.559. The van der Waals surface area contributed by atoms with Crippen LogP contribution in [0.2, 0.25) is 0 Å². The van der Waals surface area contributed by atoms with Crippen molar-refractivity contribution >= 4 is 0 Å². The minimum Gasteiger partial charge on any atom is -0.495 e. The van der Waals surface area contributed by atoms with Crippen LogP contribution < -0.4 is 10.1 Å². The van der Waals surface area contributed by atoms with Gasteiger partial charge in [0, 0.05) is 19.3 Å². The summed E-state index contributed by atoms with van der Waals surface area (Å²) in [6, 6.07) is 7.72. The zero-order valence-electron chi connectivity index (χ0n) is 11.8. The summed E-state index contributed by atoms with van der Waals surface area (Å²) in [6.45, 7) is 4.44. The third-order valence-corrected chi connectivity index (χ3v) is 3.00. The Morgan fingerprint density at radius 2 is 2.30 bits per heavy atom. The van der Waals surface area contributed by atoms with Gasteiger partial charge in [-0.3, -0.25) is 4.68 Å². The van der Waals surface area contributed by atoms with E-state index >= 15 is 0 Å². The summed E-state index contributed by atoms with van der Waals surface area (Å²) < 4.78 is 7.11. The Labute approximate surface area is 118 Å². The molecule has 1 aromatic carbocycles. The van der Waals surface area contributed by atoms with Gasteiger partial charge in [0.15, 0.2) is 0 Å². The number of methoxy groups -OCH3 is 1. The van der Waals surface area contributed by atoms with Gasteiger partial charge in [0.05, 0.1) is 25.4 Å². The van der Waals surface area contributed by atoms with Gasteiger partial charge in [-0.25, -0.2) is 0 Å². The highest BCUT2D eigenvalue weighted by Gasteiger charge is 2.03. The van der Waals surface area contributed by atoms with Crippen LogP contribution in [-0.2, 0) is 13.1 Å². The molecule has 0 atom stereocenters. The number of nitrogens with one attached hydrogen (secondary N) is 1. The van der Waals surface area contributed by atoms with Crippen LogP contribution in [0.15, 0.2) is 30.6 Å². The van der Waals surface area contributed by atoms with Gasteiger partial charge in [-0.15, -0.1) is 0 Å². The molecule has 0 unspecified atom stereocenters. The maximum absolute atomic E-state index is 8.93. The summed E-state index contributed by atoms with van der Waals surface area (Å²) in [7, 11) is 1.58. The van der Waals surface area contributed by atoms with Crippen LogP contribution in [0.3, 0.4) is 0 Å². The fraction of sp³-hybridized carbons (Fsp3) is 0.333. The Bertz CT molecular complexity index is 613. The molecule has 2 rings (SSSR count). The number of hydrogen-bond acceptors (Lipinski definition) is 4. The Morgan fingerprint density at radius 1 is 1.45 bits per heavy atom. The molecule has 20 heavy (non-hydrogen) atoms. The van der Waals surface area contributed by atoms with E-state index in [2.05, 4.69) is 16.5 Å². The molecule has 1 N–H and O–H groups in total. The Hall–Kier alpha value is -2.32. The maximum Gasteiger partial charge on any atom is 0.136 e. The lowest BCUT2D eigenvalue weighted by atomic mass is 10.1. The lowest BCUT2D eigenvalue weighted by Crippen LogP contribution is -2.19. The zero-order chi connectivity index (χ0) is 14.4. The van der Waals surface area contributed by atoms with Crippen molar-refractivity contribution in [3.63, 3.8) is 0 Å². The van der Waals surface area contributed by atoms with Gasteiger partial charge < -0.3 is 10.1 Å². The molecule has 5 heteroatoms. The van der Waals surface area contributed by atoms with E-state index in [0.29, 0.717) is 11.3 Å². The molecule has 0 saturated carbocycles. The summed E-state index contributed by atoms with van der Waals surface area (Å²) in [6.07, 6.45) is 3.87. The molecule has 104 valence electrons. The standard InChI is InChI=1S/C15H18N4O/c1-12-9-18-19(11-12)6-5-17-10-13-3-4-14(8-16)15(7-13)20-2/h3-4,7,9,11,17H,5-6,10H2,1-2H3. The summed E-state index contributed by atoms with van der Waals surface area (Å²) >= 11 is 0. The van der Waals surface area contributed by atoms with Crippen LogP contribution in [0.25, 0.3) is 0 Å². The second kappa shape index (κ2) is 6.73. The van der Waals surface area contributed by atoms with Gasteiger partial charge in [-0.2, -0.15) is 10.4 Å². The predicted molar refractivity (Wildman–Crippen MR) is 76.4 cm³/mol. The summed E-state index contributed by atoms with van der Waals surface area (Å²) in [5.74, 6) is 0.620. The fourth-order valence-corrected chi connectivity index (χ4v) is 1.95. The van der Waals surface area contributed by atoms with Gasteiger partial charge in [0.1, 0.15) is 11.8 Å². The quantitative estimate of drug-likeness (QED) is 0.814. The van der Waals surface area contributed by atoms with Crippen molar-refractivity contribution in [2.75, 3.05) is 13.7 Å². The van der Waals surface area contributed by atoms with E-state index < -0.39 is 0 Å². The van der Waals surface area contributed by atoms with Crippen molar-refractivity contribution in [2.24, 2.45) is 0 Å². The average Bonchev–Trinajstić information content (AvgIpc) is 2.89. The number of nitrogens with zero attached hydrogens (tertiary/aromatic N) is 3. The first-order valence-corrected chi connectivity index (χ1v) is 6.49. The van der Waals surface area contributed by atoms with E-state index in [-0.39, 0.29) is 0 Å². The molecule has 1 aromatic heterocycles. The van der Waals surface area contributed by atoms with Gasteiger partial charge in [-0.1, -0.05) is 6.07 Å². The molecule has 0 aliphatic rings. The minimum absolute atomic E-state index is 0.559. The molecule has 0 aliphatic carbocycles. The molecule has 0 bridgehead atoms. The molecule has 1 heterocycles. The molecular formula is C15H18N4O. The topological polar surface area (TPSA) is 62.9 Å². The molecule has 2 aromatic rings. The molecular weight excluding hydrogens is 252 g/mol. The Morgan fingerprint density at radius 3 is 2.95 bits per heavy atom. The highest BCUT2D eigenvalue weighted by atomic mass is 16.5. The number of rotatable bonds is 6. The number of ether oxygens (including phenoxy) is 1. The first-order valence-electron chi connectivity index (χ1n) is 6.49. The first-order chi connectivity index (χ1) is 9.72. The zero-order valence-corrected chi connectivity index (χ0v) is 11.8. The fourth-order valence-electron chi connectivity index (χ4n) is 1.95. The van der Waals surface area contributed by atoms with Crippen molar-refractivity contribution in [3.05, 3.63) is 47.3 Å².